The fraction of sp³-hybridized carbons (Fsp3) is 0.722. The molecule has 0 unspecified atom stereocenters. The van der Waals surface area contributed by atoms with E-state index in [1.807, 2.05) is 27.7 Å². The second kappa shape index (κ2) is 7.30. The zero-order valence-electron chi connectivity index (χ0n) is 15.0. The summed E-state index contributed by atoms with van der Waals surface area (Å²) in [5, 5.41) is 2.80. The van der Waals surface area contributed by atoms with Gasteiger partial charge in [-0.15, -0.1) is 0 Å². The molecular weight excluding hydrogens is 315 g/mol. The molecule has 1 aromatic heterocycles. The van der Waals surface area contributed by atoms with Gasteiger partial charge in [0.15, 0.2) is 11.6 Å². The van der Waals surface area contributed by atoms with Gasteiger partial charge in [-0.3, -0.25) is 0 Å². The van der Waals surface area contributed by atoms with Crippen molar-refractivity contribution in [1.82, 2.24) is 10.3 Å². The molecule has 2 aliphatic rings. The van der Waals surface area contributed by atoms with Gasteiger partial charge in [-0.25, -0.2) is 18.2 Å². The number of hydrogen-bond acceptors (Lipinski definition) is 3. The Balaban J connectivity index is 0.00000100. The van der Waals surface area contributed by atoms with E-state index in [9.17, 15) is 13.2 Å². The molecule has 1 spiro atoms. The second-order valence-corrected chi connectivity index (χ2v) is 6.80. The smallest absolute Gasteiger partial charge is 0.267 e. The van der Waals surface area contributed by atoms with Crippen molar-refractivity contribution in [3.63, 3.8) is 0 Å². The lowest BCUT2D eigenvalue weighted by Crippen LogP contribution is -2.49. The third-order valence-electron chi connectivity index (χ3n) is 5.12. The summed E-state index contributed by atoms with van der Waals surface area (Å²) >= 11 is 0. The van der Waals surface area contributed by atoms with Gasteiger partial charge in [0.1, 0.15) is 0 Å². The molecule has 0 amide bonds. The van der Waals surface area contributed by atoms with Crippen LogP contribution in [0, 0.1) is 11.2 Å². The van der Waals surface area contributed by atoms with Gasteiger partial charge in [0.2, 0.25) is 0 Å². The molecule has 3 heterocycles. The van der Waals surface area contributed by atoms with Crippen LogP contribution in [0.5, 0.6) is 0 Å². The van der Waals surface area contributed by atoms with Crippen LogP contribution in [0.3, 0.4) is 0 Å². The molecule has 136 valence electrons. The number of rotatable bonds is 2. The maximum Gasteiger partial charge on any atom is 0.267 e. The molecule has 3 nitrogen and oxygen atoms in total. The Morgan fingerprint density at radius 2 is 1.79 bits per heavy atom. The van der Waals surface area contributed by atoms with Crippen LogP contribution in [0.25, 0.3) is 0 Å². The number of pyridine rings is 1. The van der Waals surface area contributed by atoms with Gasteiger partial charge in [0, 0.05) is 25.8 Å². The van der Waals surface area contributed by atoms with E-state index in [0.717, 1.165) is 5.56 Å². The number of hydrogen-bond donors (Lipinski definition) is 1. The van der Waals surface area contributed by atoms with Crippen molar-refractivity contribution < 1.29 is 13.2 Å². The summed E-state index contributed by atoms with van der Waals surface area (Å²) in [4.78, 5) is 6.01. The van der Waals surface area contributed by atoms with Crippen LogP contribution in [-0.2, 0) is 0 Å². The van der Waals surface area contributed by atoms with Crippen LogP contribution >= 0.6 is 0 Å². The van der Waals surface area contributed by atoms with Gasteiger partial charge >= 0.3 is 0 Å². The Morgan fingerprint density at radius 3 is 2.25 bits per heavy atom. The number of piperidine rings is 1. The number of aromatic nitrogens is 1. The average molecular weight is 343 g/mol. The van der Waals surface area contributed by atoms with Crippen LogP contribution in [0.1, 0.15) is 52.0 Å². The molecule has 0 radical (unpaired) electrons. The molecule has 1 aromatic rings. The largest absolute Gasteiger partial charge is 0.354 e. The summed E-state index contributed by atoms with van der Waals surface area (Å²) in [5.41, 5.74) is -0.126. The summed E-state index contributed by atoms with van der Waals surface area (Å²) in [6.45, 7) is 8.90. The van der Waals surface area contributed by atoms with Gasteiger partial charge in [-0.05, 0) is 30.4 Å². The predicted molar refractivity (Wildman–Crippen MR) is 91.3 cm³/mol. The molecule has 1 N–H and O–H groups in total. The third kappa shape index (κ3) is 3.39. The van der Waals surface area contributed by atoms with Crippen molar-refractivity contribution in [2.24, 2.45) is 5.41 Å². The molecule has 0 aromatic carbocycles. The van der Waals surface area contributed by atoms with Gasteiger partial charge in [-0.2, -0.15) is 0 Å². The van der Waals surface area contributed by atoms with Gasteiger partial charge < -0.3 is 10.2 Å². The Labute approximate surface area is 142 Å². The van der Waals surface area contributed by atoms with E-state index < -0.39 is 11.3 Å². The molecule has 0 bridgehead atoms. The summed E-state index contributed by atoms with van der Waals surface area (Å²) in [5.74, 6) is -2.54. The first kappa shape index (κ1) is 19.0. The van der Waals surface area contributed by atoms with Crippen molar-refractivity contribution in [2.75, 3.05) is 31.1 Å². The molecule has 0 aliphatic carbocycles. The zero-order valence-corrected chi connectivity index (χ0v) is 15.0. The van der Waals surface area contributed by atoms with Crippen LogP contribution < -0.4 is 10.2 Å². The van der Waals surface area contributed by atoms with Crippen molar-refractivity contribution in [2.45, 2.75) is 52.4 Å². The first-order valence-corrected chi connectivity index (χ1v) is 8.84. The fourth-order valence-electron chi connectivity index (χ4n) is 3.46. The van der Waals surface area contributed by atoms with Crippen molar-refractivity contribution in [3.05, 3.63) is 23.6 Å². The van der Waals surface area contributed by atoms with E-state index in [2.05, 4.69) is 10.3 Å². The van der Waals surface area contributed by atoms with E-state index in [1.165, 1.54) is 6.07 Å². The molecule has 2 fully saturated rings. The van der Waals surface area contributed by atoms with Crippen LogP contribution in [0.4, 0.5) is 19.0 Å². The van der Waals surface area contributed by atoms with E-state index in [0.29, 0.717) is 32.5 Å². The quantitative estimate of drug-likeness (QED) is 0.872. The molecular formula is C18H28F3N3. The number of nitrogens with zero attached hydrogens (tertiary/aromatic N) is 2. The van der Waals surface area contributed by atoms with Gasteiger partial charge in [0.05, 0.1) is 12.0 Å². The lowest BCUT2D eigenvalue weighted by molar-refractivity contribution is -0.0940. The second-order valence-electron chi connectivity index (χ2n) is 6.80. The summed E-state index contributed by atoms with van der Waals surface area (Å²) < 4.78 is 42.4. The minimum Gasteiger partial charge on any atom is -0.354 e. The van der Waals surface area contributed by atoms with Crippen LogP contribution in [0.2, 0.25) is 0 Å². The Hall–Kier alpha value is -1.30. The van der Waals surface area contributed by atoms with E-state index in [-0.39, 0.29) is 24.1 Å². The maximum absolute atomic E-state index is 14.3. The first-order chi connectivity index (χ1) is 11.3. The lowest BCUT2D eigenvalue weighted by Gasteiger charge is -2.42. The Bertz CT molecular complexity index is 552. The topological polar surface area (TPSA) is 28.2 Å². The highest BCUT2D eigenvalue weighted by Crippen LogP contribution is 2.48. The van der Waals surface area contributed by atoms with Crippen molar-refractivity contribution >= 4 is 5.82 Å². The van der Waals surface area contributed by atoms with E-state index in [1.54, 1.807) is 11.1 Å². The Kier molecular flexibility index (Phi) is 5.78. The number of alkyl halides is 2. The summed E-state index contributed by atoms with van der Waals surface area (Å²) in [6.07, 6.45) is 2.40. The molecule has 0 atom stereocenters. The third-order valence-corrected chi connectivity index (χ3v) is 5.12. The van der Waals surface area contributed by atoms with Gasteiger partial charge in [-0.1, -0.05) is 27.7 Å². The standard InChI is InChI=1S/C16H22F3N3.C2H6/c1-11(2)12-7-13(17)14(21-8-12)22-5-3-15(4-6-22)9-20-10-16(15,18)19;1-2/h7-8,11,20H,3-6,9-10H2,1-2H3;1-2H3. The minimum atomic E-state index is -2.67. The molecule has 6 heteroatoms. The van der Waals surface area contributed by atoms with Gasteiger partial charge in [0.25, 0.3) is 5.92 Å². The minimum absolute atomic E-state index is 0.212. The number of halogens is 3. The SMILES string of the molecule is CC.CC(C)c1cnc(N2CCC3(CC2)CNCC3(F)F)c(F)c1. The number of nitrogens with one attached hydrogen (secondary N) is 1. The molecule has 2 saturated heterocycles. The van der Waals surface area contributed by atoms with E-state index >= 15 is 0 Å². The monoisotopic (exact) mass is 343 g/mol. The lowest BCUT2D eigenvalue weighted by atomic mass is 9.75. The highest BCUT2D eigenvalue weighted by Gasteiger charge is 2.57. The van der Waals surface area contributed by atoms with Crippen molar-refractivity contribution in [1.29, 1.82) is 0 Å². The van der Waals surface area contributed by atoms with Crippen molar-refractivity contribution in [3.8, 4) is 0 Å². The Morgan fingerprint density at radius 1 is 1.17 bits per heavy atom. The van der Waals surface area contributed by atoms with E-state index in [4.69, 9.17) is 0 Å². The maximum atomic E-state index is 14.3. The normalized spacial score (nSPS) is 21.8. The fourth-order valence-corrected chi connectivity index (χ4v) is 3.46. The van der Waals surface area contributed by atoms with Crippen LogP contribution in [-0.4, -0.2) is 37.1 Å². The molecule has 24 heavy (non-hydrogen) atoms. The summed E-state index contributed by atoms with van der Waals surface area (Å²) in [6, 6.07) is 1.50. The highest BCUT2D eigenvalue weighted by molar-refractivity contribution is 5.42. The average Bonchev–Trinajstić information content (AvgIpc) is 2.84. The number of anilines is 1. The van der Waals surface area contributed by atoms with Crippen LogP contribution in [0.15, 0.2) is 12.3 Å². The predicted octanol–water partition coefficient (Wildman–Crippen LogP) is 4.20. The molecule has 3 rings (SSSR count). The first-order valence-electron chi connectivity index (χ1n) is 8.84. The molecule has 2 aliphatic heterocycles. The summed E-state index contributed by atoms with van der Waals surface area (Å²) in [7, 11) is 0. The molecule has 0 saturated carbocycles. The zero-order chi connectivity index (χ0) is 18.0. The highest BCUT2D eigenvalue weighted by atomic mass is 19.3.